The highest BCUT2D eigenvalue weighted by Gasteiger charge is 2.27. The second kappa shape index (κ2) is 10.4. The molecule has 1 aliphatic rings. The topological polar surface area (TPSA) is 87.5 Å². The van der Waals surface area contributed by atoms with Gasteiger partial charge in [0.15, 0.2) is 5.69 Å². The van der Waals surface area contributed by atoms with Gasteiger partial charge in [-0.05, 0) is 44.0 Å². The molecule has 1 aromatic heterocycles. The number of benzene rings is 2. The van der Waals surface area contributed by atoms with Crippen LogP contribution in [-0.2, 0) is 4.79 Å². The summed E-state index contributed by atoms with van der Waals surface area (Å²) in [6, 6.07) is 14.4. The second-order valence-corrected chi connectivity index (χ2v) is 9.15. The van der Waals surface area contributed by atoms with Crippen molar-refractivity contribution in [2.24, 2.45) is 0 Å². The van der Waals surface area contributed by atoms with Crippen molar-refractivity contribution in [3.05, 3.63) is 86.3 Å². The monoisotopic (exact) mass is 493 g/mol. The first kappa shape index (κ1) is 24.6. The number of amides is 2. The molecular formula is C26H28ClN5O3. The number of rotatable bonds is 5. The summed E-state index contributed by atoms with van der Waals surface area (Å²) in [5.74, 6) is -0.513. The maximum Gasteiger partial charge on any atom is 0.278 e. The third kappa shape index (κ3) is 5.44. The molecule has 9 heteroatoms. The summed E-state index contributed by atoms with van der Waals surface area (Å²) in [4.78, 5) is 42.0. The van der Waals surface area contributed by atoms with E-state index >= 15 is 0 Å². The van der Waals surface area contributed by atoms with Crippen LogP contribution in [-0.4, -0.2) is 64.1 Å². The first-order valence-corrected chi connectivity index (χ1v) is 11.9. The number of aryl methyl sites for hydroxylation is 3. The van der Waals surface area contributed by atoms with Crippen LogP contribution in [0.1, 0.15) is 27.3 Å². The van der Waals surface area contributed by atoms with E-state index in [4.69, 9.17) is 11.6 Å². The van der Waals surface area contributed by atoms with Gasteiger partial charge in [0, 0.05) is 43.6 Å². The van der Waals surface area contributed by atoms with Gasteiger partial charge in [-0.15, -0.1) is 0 Å². The van der Waals surface area contributed by atoms with E-state index in [0.717, 1.165) is 16.8 Å². The lowest BCUT2D eigenvalue weighted by atomic mass is 10.1. The normalized spacial score (nSPS) is 14.1. The summed E-state index contributed by atoms with van der Waals surface area (Å²) in [7, 11) is 0. The molecule has 0 bridgehead atoms. The van der Waals surface area contributed by atoms with Crippen molar-refractivity contribution < 1.29 is 9.59 Å². The Morgan fingerprint density at radius 3 is 2.29 bits per heavy atom. The zero-order valence-corrected chi connectivity index (χ0v) is 20.8. The minimum atomic E-state index is -0.425. The van der Waals surface area contributed by atoms with Crippen LogP contribution < -0.4 is 10.7 Å². The maximum absolute atomic E-state index is 13.2. The van der Waals surface area contributed by atoms with Gasteiger partial charge < -0.3 is 10.2 Å². The SMILES string of the molecule is Cc1cccc(C)c1NC(=O)CN1CCN(C(=O)c2nn(-c3ccccc3Cl)c(C)cc2=O)CC1. The lowest BCUT2D eigenvalue weighted by molar-refractivity contribution is -0.117. The van der Waals surface area contributed by atoms with Crippen molar-refractivity contribution in [3.63, 3.8) is 0 Å². The molecule has 0 spiro atoms. The van der Waals surface area contributed by atoms with Crippen LogP contribution in [0, 0.1) is 20.8 Å². The first-order chi connectivity index (χ1) is 16.7. The van der Waals surface area contributed by atoms with Crippen LogP contribution in [0.15, 0.2) is 53.3 Å². The van der Waals surface area contributed by atoms with Crippen molar-refractivity contribution in [2.75, 3.05) is 38.0 Å². The van der Waals surface area contributed by atoms with Gasteiger partial charge in [0.05, 0.1) is 17.3 Å². The van der Waals surface area contributed by atoms with Crippen molar-refractivity contribution in [2.45, 2.75) is 20.8 Å². The van der Waals surface area contributed by atoms with Crippen LogP contribution in [0.25, 0.3) is 5.69 Å². The molecule has 0 unspecified atom stereocenters. The molecule has 3 aromatic rings. The number of nitrogens with zero attached hydrogens (tertiary/aromatic N) is 4. The molecule has 2 amide bonds. The van der Waals surface area contributed by atoms with Gasteiger partial charge in [0.1, 0.15) is 0 Å². The average molecular weight is 494 g/mol. The number of anilines is 1. The summed E-state index contributed by atoms with van der Waals surface area (Å²) in [6.45, 7) is 7.75. The molecule has 4 rings (SSSR count). The Kier molecular flexibility index (Phi) is 7.33. The summed E-state index contributed by atoms with van der Waals surface area (Å²) >= 11 is 6.30. The Hall–Kier alpha value is -3.49. The highest BCUT2D eigenvalue weighted by atomic mass is 35.5. The van der Waals surface area contributed by atoms with Gasteiger partial charge in [0.25, 0.3) is 5.91 Å². The van der Waals surface area contributed by atoms with E-state index in [1.54, 1.807) is 30.0 Å². The number of halogens is 1. The van der Waals surface area contributed by atoms with Gasteiger partial charge >= 0.3 is 0 Å². The Bertz CT molecular complexity index is 1310. The highest BCUT2D eigenvalue weighted by molar-refractivity contribution is 6.32. The molecule has 1 fully saturated rings. The van der Waals surface area contributed by atoms with Crippen LogP contribution in [0.4, 0.5) is 5.69 Å². The predicted octanol–water partition coefficient (Wildman–Crippen LogP) is 3.21. The highest BCUT2D eigenvalue weighted by Crippen LogP contribution is 2.21. The Labute approximate surface area is 209 Å². The summed E-state index contributed by atoms with van der Waals surface area (Å²) < 4.78 is 1.52. The third-order valence-corrected chi connectivity index (χ3v) is 6.48. The predicted molar refractivity (Wildman–Crippen MR) is 136 cm³/mol. The fraction of sp³-hybridized carbons (Fsp3) is 0.308. The second-order valence-electron chi connectivity index (χ2n) is 8.75. The first-order valence-electron chi connectivity index (χ1n) is 11.5. The number of carbonyl (C=O) groups excluding carboxylic acids is 2. The molecule has 2 aromatic carbocycles. The molecule has 0 saturated carbocycles. The quantitative estimate of drug-likeness (QED) is 0.589. The Morgan fingerprint density at radius 2 is 1.63 bits per heavy atom. The van der Waals surface area contributed by atoms with E-state index < -0.39 is 11.3 Å². The van der Waals surface area contributed by atoms with Gasteiger partial charge in [-0.1, -0.05) is 41.9 Å². The molecule has 35 heavy (non-hydrogen) atoms. The number of nitrogens with one attached hydrogen (secondary N) is 1. The van der Waals surface area contributed by atoms with Crippen LogP contribution in [0.2, 0.25) is 5.02 Å². The molecule has 1 N–H and O–H groups in total. The van der Waals surface area contributed by atoms with E-state index in [1.165, 1.54) is 10.7 Å². The van der Waals surface area contributed by atoms with Crippen molar-refractivity contribution in [3.8, 4) is 5.69 Å². The fourth-order valence-corrected chi connectivity index (χ4v) is 4.43. The molecule has 0 radical (unpaired) electrons. The zero-order valence-electron chi connectivity index (χ0n) is 20.0. The van der Waals surface area contributed by atoms with Crippen LogP contribution in [0.5, 0.6) is 0 Å². The van der Waals surface area contributed by atoms with E-state index in [-0.39, 0.29) is 18.1 Å². The van der Waals surface area contributed by atoms with Gasteiger partial charge in [-0.25, -0.2) is 4.68 Å². The van der Waals surface area contributed by atoms with Crippen molar-refractivity contribution in [1.29, 1.82) is 0 Å². The minimum Gasteiger partial charge on any atom is -0.335 e. The van der Waals surface area contributed by atoms with E-state index in [0.29, 0.717) is 42.6 Å². The number of hydrogen-bond acceptors (Lipinski definition) is 5. The molecule has 1 saturated heterocycles. The standard InChI is InChI=1S/C26H28ClN5O3/c1-17-7-6-8-18(2)24(17)28-23(34)16-30-11-13-31(14-12-30)26(35)25-22(33)15-19(3)32(29-25)21-10-5-4-9-20(21)27/h4-10,15H,11-14,16H2,1-3H3,(H,28,34). The number of piperazine rings is 1. The van der Waals surface area contributed by atoms with Gasteiger partial charge in [-0.3, -0.25) is 19.3 Å². The number of hydrogen-bond donors (Lipinski definition) is 1. The average Bonchev–Trinajstić information content (AvgIpc) is 2.82. The molecule has 182 valence electrons. The molecular weight excluding hydrogens is 466 g/mol. The fourth-order valence-electron chi connectivity index (χ4n) is 4.22. The van der Waals surface area contributed by atoms with Crippen LogP contribution in [0.3, 0.4) is 0 Å². The van der Waals surface area contributed by atoms with Crippen molar-refractivity contribution >= 4 is 29.1 Å². The van der Waals surface area contributed by atoms with E-state index in [1.807, 2.05) is 43.0 Å². The molecule has 1 aliphatic heterocycles. The summed E-state index contributed by atoms with van der Waals surface area (Å²) in [5.41, 5.74) is 3.48. The van der Waals surface area contributed by atoms with Gasteiger partial charge in [0.2, 0.25) is 11.3 Å². The zero-order chi connectivity index (χ0) is 25.1. The Morgan fingerprint density at radius 1 is 0.971 bits per heavy atom. The molecule has 0 atom stereocenters. The molecule has 2 heterocycles. The maximum atomic E-state index is 13.2. The summed E-state index contributed by atoms with van der Waals surface area (Å²) in [6.07, 6.45) is 0. The van der Waals surface area contributed by atoms with E-state index in [9.17, 15) is 14.4 Å². The summed E-state index contributed by atoms with van der Waals surface area (Å²) in [5, 5.41) is 7.83. The smallest absolute Gasteiger partial charge is 0.278 e. The van der Waals surface area contributed by atoms with E-state index in [2.05, 4.69) is 10.4 Å². The lowest BCUT2D eigenvalue weighted by Gasteiger charge is -2.34. The third-order valence-electron chi connectivity index (χ3n) is 6.16. The van der Waals surface area contributed by atoms with Crippen LogP contribution >= 0.6 is 11.6 Å². The Balaban J connectivity index is 1.41. The molecule has 0 aliphatic carbocycles. The number of carbonyl (C=O) groups is 2. The number of aromatic nitrogens is 2. The number of para-hydroxylation sites is 2. The van der Waals surface area contributed by atoms with Crippen molar-refractivity contribution in [1.82, 2.24) is 19.6 Å². The molecule has 8 nitrogen and oxygen atoms in total. The van der Waals surface area contributed by atoms with Gasteiger partial charge in [-0.2, -0.15) is 5.10 Å². The minimum absolute atomic E-state index is 0.0926. The lowest BCUT2D eigenvalue weighted by Crippen LogP contribution is -2.51. The largest absolute Gasteiger partial charge is 0.335 e.